The van der Waals surface area contributed by atoms with E-state index >= 15 is 0 Å². The highest BCUT2D eigenvalue weighted by Gasteiger charge is 2.05. The summed E-state index contributed by atoms with van der Waals surface area (Å²) in [7, 11) is 27.9. The Morgan fingerprint density at radius 1 is 0.0984 bits per heavy atom. The molecule has 0 heterocycles. The molecule has 0 radical (unpaired) electrons. The minimum atomic E-state index is 1.19. The molecule has 0 spiro atoms. The maximum absolute atomic E-state index is 2.64. The number of hydrogen-bond donors (Lipinski definition) is 0. The Morgan fingerprint density at radius 2 is 0.238 bits per heavy atom. The van der Waals surface area contributed by atoms with Crippen LogP contribution in [0.3, 0.4) is 0 Å². The largest absolute Gasteiger partial charge is 0.309 e. The number of hydrogen-bond acceptors (Lipinski definition) is 12. The first-order valence-electron chi connectivity index (χ1n) is 54.9. The Morgan fingerprint density at radius 3 is 0.402 bits per heavy atom. The van der Waals surface area contributed by atoms with Crippen LogP contribution in [-0.4, -0.2) is 301 Å². The van der Waals surface area contributed by atoms with Crippen LogP contribution in [-0.2, 0) is 0 Å². The first-order valence-corrected chi connectivity index (χ1v) is 54.9. The van der Waals surface area contributed by atoms with Crippen LogP contribution in [0.1, 0.15) is 487 Å². The first kappa shape index (κ1) is 147. The van der Waals surface area contributed by atoms with Gasteiger partial charge in [-0.25, -0.2) is 0 Å². The molecule has 0 aromatic rings. The van der Waals surface area contributed by atoms with Crippen LogP contribution in [0.25, 0.3) is 0 Å². The summed E-state index contributed by atoms with van der Waals surface area (Å²) in [4.78, 5) is 28.5. The molecule has 0 unspecified atom stereocenters. The lowest BCUT2D eigenvalue weighted by Gasteiger charge is -2.21. The molecule has 0 bridgehead atoms. The van der Waals surface area contributed by atoms with Crippen LogP contribution in [0.4, 0.5) is 0 Å². The highest BCUT2D eigenvalue weighted by molar-refractivity contribution is 4.60. The third-order valence-electron chi connectivity index (χ3n) is 21.8. The molecule has 12 nitrogen and oxygen atoms in total. The summed E-state index contributed by atoms with van der Waals surface area (Å²) in [5, 5.41) is 0. The minimum absolute atomic E-state index is 1.19. The molecule has 0 aliphatic heterocycles. The average Bonchev–Trinajstić information content (AvgIpc) is 1.02. The van der Waals surface area contributed by atoms with Crippen LogP contribution in [0.5, 0.6) is 0 Å². The molecule has 0 aliphatic carbocycles. The van der Waals surface area contributed by atoms with E-state index in [0.717, 1.165) is 0 Å². The highest BCUT2D eigenvalue weighted by Crippen LogP contribution is 2.11. The average molecular weight is 1750 g/mol. The van der Waals surface area contributed by atoms with E-state index in [0.29, 0.717) is 0 Å². The lowest BCUT2D eigenvalue weighted by Crippen LogP contribution is -2.27. The molecular weight excluding hydrogens is 1490 g/mol. The lowest BCUT2D eigenvalue weighted by atomic mass is 10.1. The molecule has 0 aromatic heterocycles. The third kappa shape index (κ3) is 180. The van der Waals surface area contributed by atoms with Gasteiger partial charge in [-0.3, -0.25) is 0 Å². The van der Waals surface area contributed by atoms with E-state index in [1.54, 1.807) is 0 Å². The lowest BCUT2D eigenvalue weighted by molar-refractivity contribution is 0.261. The van der Waals surface area contributed by atoms with Crippen LogP contribution in [0.15, 0.2) is 0 Å². The number of rotatable bonds is 74. The van der Waals surface area contributed by atoms with E-state index in [4.69, 9.17) is 0 Å². The van der Waals surface area contributed by atoms with Gasteiger partial charge in [0.1, 0.15) is 0 Å². The molecule has 0 aromatic carbocycles. The Kier molecular flexibility index (Phi) is 173. The summed E-state index contributed by atoms with van der Waals surface area (Å²) < 4.78 is 0. The SMILES string of the molecule is CCCCCCCCCCN(C)C.CCCCCCCCCN(C)C.CCCCCCCCN(C)C.CCCCCCCN(C)C.CCCCCCN(C)C.CCCCN(C)C.CCCCN(C)CCCC.CCCCN(CC)CC.CCCCN(CC)CCCC.CCCCN(CCCC)CCCC.CCCN(CCC)CCC.CCN(CC)CC. The van der Waals surface area contributed by atoms with Gasteiger partial charge < -0.3 is 58.8 Å². The van der Waals surface area contributed by atoms with Gasteiger partial charge in [0, 0.05) is 0 Å². The molecule has 0 rings (SSSR count). The predicted octanol–water partition coefficient (Wildman–Crippen LogP) is 31.0. The molecule has 0 N–H and O–H groups in total. The van der Waals surface area contributed by atoms with Gasteiger partial charge in [-0.2, -0.15) is 0 Å². The van der Waals surface area contributed by atoms with E-state index in [9.17, 15) is 0 Å². The normalized spacial score (nSPS) is 10.8. The third-order valence-corrected chi connectivity index (χ3v) is 21.8. The standard InChI is InChI=1S/2C12H27N.C11H25N.2C10H23N.3C9H21N.2C8H19N.2C6H15N/c1-4-5-6-7-8-9-10-11-12-13(2)3;1-4-7-10-13(11-8-5-2)12-9-6-3;1-4-5-6-7-8-9-10-11-12(2)3;1-4-5-6-7-8-9-10-11(2)3;1-4-7-9-11(6-3)10-8-5-2;1-4-5-6-7-8-9-10(2)3;1-4-6-8-10(3)9-7-5-2;1-4-7-10(8-5-2)9-6-3;1-4-5-6-7-8-9(2)3;1-4-7-8-9(5-2)6-3;1-4-5-6-7(2)3;1-4-7(5-2)6-3/h2*4-12H2,1-3H3;4-11H2,1-3H3;2*4-10H2,1-3H3;3*4-9H2,1-3H3;2*4-8H2,1-3H3;2*4-6H2,1-3H3. The molecule has 12 heteroatoms. The van der Waals surface area contributed by atoms with E-state index in [2.05, 4.69) is 310 Å². The Bertz CT molecular complexity index is 1470. The van der Waals surface area contributed by atoms with Gasteiger partial charge in [0.15, 0.2) is 0 Å². The highest BCUT2D eigenvalue weighted by atomic mass is 15.1. The van der Waals surface area contributed by atoms with Gasteiger partial charge in [-0.1, -0.05) is 378 Å². The summed E-state index contributed by atoms with van der Waals surface area (Å²) in [6.07, 6.45) is 70.1. The van der Waals surface area contributed by atoms with Crippen LogP contribution in [0, 0.1) is 0 Å². The molecule has 0 aliphatic rings. The van der Waals surface area contributed by atoms with Crippen molar-refractivity contribution < 1.29 is 0 Å². The van der Waals surface area contributed by atoms with Crippen molar-refractivity contribution in [3.63, 3.8) is 0 Å². The van der Waals surface area contributed by atoms with E-state index < -0.39 is 0 Å². The van der Waals surface area contributed by atoms with Gasteiger partial charge >= 0.3 is 0 Å². The summed E-state index contributed by atoms with van der Waals surface area (Å²) in [6.45, 7) is 80.5. The Balaban J connectivity index is -0.000000109. The van der Waals surface area contributed by atoms with Crippen molar-refractivity contribution in [3.05, 3.63) is 0 Å². The van der Waals surface area contributed by atoms with E-state index in [1.807, 2.05) is 0 Å². The van der Waals surface area contributed by atoms with Crippen LogP contribution >= 0.6 is 0 Å². The second kappa shape index (κ2) is 144. The maximum Gasteiger partial charge on any atom is -0.00188 e. The fourth-order valence-corrected chi connectivity index (χ4v) is 13.0. The van der Waals surface area contributed by atoms with Crippen molar-refractivity contribution in [1.29, 1.82) is 0 Å². The summed E-state index contributed by atoms with van der Waals surface area (Å²) in [5.41, 5.74) is 0. The quantitative estimate of drug-likeness (QED) is 0.0545. The number of unbranched alkanes of at least 4 members (excludes halogenated alkanes) is 34. The van der Waals surface area contributed by atoms with Crippen LogP contribution in [0.2, 0.25) is 0 Å². The zero-order chi connectivity index (χ0) is 95.3. The fourth-order valence-electron chi connectivity index (χ4n) is 13.0. The summed E-state index contributed by atoms with van der Waals surface area (Å²) in [6, 6.07) is 0. The van der Waals surface area contributed by atoms with Crippen molar-refractivity contribution in [2.24, 2.45) is 0 Å². The van der Waals surface area contributed by atoms with Crippen molar-refractivity contribution in [2.45, 2.75) is 487 Å². The van der Waals surface area contributed by atoms with Crippen molar-refractivity contribution in [2.75, 3.05) is 242 Å². The zero-order valence-corrected chi connectivity index (χ0v) is 93.7. The molecule has 0 fully saturated rings. The maximum atomic E-state index is 2.64. The van der Waals surface area contributed by atoms with Gasteiger partial charge in [-0.15, -0.1) is 0 Å². The van der Waals surface area contributed by atoms with E-state index in [1.165, 1.54) is 478 Å². The minimum Gasteiger partial charge on any atom is -0.309 e. The Labute approximate surface area is 783 Å². The fraction of sp³-hybridized carbons (Fsp3) is 1.00. The first-order chi connectivity index (χ1) is 58.7. The molecule has 0 saturated carbocycles. The Hall–Kier alpha value is -0.480. The zero-order valence-electron chi connectivity index (χ0n) is 93.7. The van der Waals surface area contributed by atoms with Crippen LogP contribution < -0.4 is 0 Å². The van der Waals surface area contributed by atoms with E-state index in [-0.39, 0.29) is 0 Å². The summed E-state index contributed by atoms with van der Waals surface area (Å²) >= 11 is 0. The molecule has 0 atom stereocenters. The molecule has 0 saturated heterocycles. The van der Waals surface area contributed by atoms with Gasteiger partial charge in [0.05, 0.1) is 0 Å². The molecule has 0 amide bonds. The summed E-state index contributed by atoms with van der Waals surface area (Å²) in [5.74, 6) is 0. The topological polar surface area (TPSA) is 38.9 Å². The van der Waals surface area contributed by atoms with Crippen molar-refractivity contribution in [1.82, 2.24) is 58.8 Å². The molecule has 756 valence electrons. The predicted molar refractivity (Wildman–Crippen MR) is 577 cm³/mol. The second-order valence-electron chi connectivity index (χ2n) is 36.9. The second-order valence-corrected chi connectivity index (χ2v) is 36.9. The van der Waals surface area contributed by atoms with Crippen molar-refractivity contribution in [3.8, 4) is 0 Å². The van der Waals surface area contributed by atoms with Crippen molar-refractivity contribution >= 4 is 0 Å². The monoisotopic (exact) mass is 1750 g/mol. The smallest absolute Gasteiger partial charge is 0.00188 e. The van der Waals surface area contributed by atoms with Gasteiger partial charge in [0.25, 0.3) is 0 Å². The molecule has 122 heavy (non-hydrogen) atoms. The van der Waals surface area contributed by atoms with Gasteiger partial charge in [0.2, 0.25) is 0 Å². The number of nitrogens with zero attached hydrogens (tertiary/aromatic N) is 12. The van der Waals surface area contributed by atoms with Gasteiger partial charge in [-0.05, 0) is 351 Å². The molecular formula is C110H256N12.